The fourth-order valence-electron chi connectivity index (χ4n) is 2.62. The predicted molar refractivity (Wildman–Crippen MR) is 77.0 cm³/mol. The molecule has 1 saturated heterocycles. The van der Waals surface area contributed by atoms with Gasteiger partial charge in [-0.3, -0.25) is 0 Å². The van der Waals surface area contributed by atoms with Gasteiger partial charge in [0.25, 0.3) is 0 Å². The number of aromatic nitrogens is 1. The summed E-state index contributed by atoms with van der Waals surface area (Å²) in [6, 6.07) is 4.90. The molecule has 0 radical (unpaired) electrons. The van der Waals surface area contributed by atoms with E-state index in [1.165, 1.54) is 44.3 Å². The van der Waals surface area contributed by atoms with Crippen LogP contribution in [0.25, 0.3) is 0 Å². The van der Waals surface area contributed by atoms with Crippen molar-refractivity contribution in [2.24, 2.45) is 0 Å². The third kappa shape index (κ3) is 3.98. The Morgan fingerprint density at radius 3 is 3.11 bits per heavy atom. The Bertz CT molecular complexity index is 365. The standard InChI is InChI=1S/C15H25N3/c1-13-7-9-17-15(12-13)16-8-5-11-18-10-4-3-6-14(18)2/h7,9,12,14H,3-6,8,10-11H2,1-2H3,(H,16,17). The second-order valence-corrected chi connectivity index (χ2v) is 5.38. The van der Waals surface area contributed by atoms with Gasteiger partial charge in [0.1, 0.15) is 5.82 Å². The summed E-state index contributed by atoms with van der Waals surface area (Å²) in [7, 11) is 0. The maximum absolute atomic E-state index is 4.31. The van der Waals surface area contributed by atoms with Crippen molar-refractivity contribution in [2.75, 3.05) is 25.0 Å². The van der Waals surface area contributed by atoms with Crippen LogP contribution in [0.1, 0.15) is 38.2 Å². The van der Waals surface area contributed by atoms with Crippen molar-refractivity contribution in [2.45, 2.75) is 45.6 Å². The van der Waals surface area contributed by atoms with Crippen molar-refractivity contribution in [3.63, 3.8) is 0 Å². The first-order valence-electron chi connectivity index (χ1n) is 7.16. The molecule has 0 saturated carbocycles. The van der Waals surface area contributed by atoms with Gasteiger partial charge in [0.15, 0.2) is 0 Å². The smallest absolute Gasteiger partial charge is 0.126 e. The molecule has 1 fully saturated rings. The zero-order valence-electron chi connectivity index (χ0n) is 11.7. The van der Waals surface area contributed by atoms with Gasteiger partial charge < -0.3 is 10.2 Å². The molecule has 1 aromatic rings. The van der Waals surface area contributed by atoms with Crippen LogP contribution < -0.4 is 5.32 Å². The Hall–Kier alpha value is -1.09. The predicted octanol–water partition coefficient (Wildman–Crippen LogP) is 3.07. The zero-order valence-corrected chi connectivity index (χ0v) is 11.7. The maximum Gasteiger partial charge on any atom is 0.126 e. The summed E-state index contributed by atoms with van der Waals surface area (Å²) in [4.78, 5) is 6.93. The summed E-state index contributed by atoms with van der Waals surface area (Å²) in [5.74, 6) is 1.00. The van der Waals surface area contributed by atoms with E-state index in [0.29, 0.717) is 0 Å². The lowest BCUT2D eigenvalue weighted by Crippen LogP contribution is -2.38. The fourth-order valence-corrected chi connectivity index (χ4v) is 2.62. The van der Waals surface area contributed by atoms with E-state index < -0.39 is 0 Å². The van der Waals surface area contributed by atoms with E-state index in [0.717, 1.165) is 18.4 Å². The zero-order chi connectivity index (χ0) is 12.8. The van der Waals surface area contributed by atoms with Crippen LogP contribution in [0.3, 0.4) is 0 Å². The normalized spacial score (nSPS) is 20.9. The van der Waals surface area contributed by atoms with E-state index >= 15 is 0 Å². The van der Waals surface area contributed by atoms with Gasteiger partial charge in [0.2, 0.25) is 0 Å². The lowest BCUT2D eigenvalue weighted by Gasteiger charge is -2.33. The first-order chi connectivity index (χ1) is 8.75. The Labute approximate surface area is 111 Å². The van der Waals surface area contributed by atoms with Crippen molar-refractivity contribution in [3.8, 4) is 0 Å². The monoisotopic (exact) mass is 247 g/mol. The summed E-state index contributed by atoms with van der Waals surface area (Å²) in [6.45, 7) is 7.96. The average molecular weight is 247 g/mol. The van der Waals surface area contributed by atoms with Gasteiger partial charge in [0, 0.05) is 25.3 Å². The van der Waals surface area contributed by atoms with Gasteiger partial charge in [-0.05, 0) is 57.4 Å². The first-order valence-corrected chi connectivity index (χ1v) is 7.16. The number of pyridine rings is 1. The van der Waals surface area contributed by atoms with Crippen molar-refractivity contribution in [1.82, 2.24) is 9.88 Å². The molecule has 3 nitrogen and oxygen atoms in total. The van der Waals surface area contributed by atoms with Crippen molar-refractivity contribution in [3.05, 3.63) is 23.9 Å². The maximum atomic E-state index is 4.31. The average Bonchev–Trinajstić information content (AvgIpc) is 2.37. The number of hydrogen-bond donors (Lipinski definition) is 1. The Balaban J connectivity index is 1.66. The van der Waals surface area contributed by atoms with E-state index in [1.54, 1.807) is 0 Å². The van der Waals surface area contributed by atoms with Gasteiger partial charge >= 0.3 is 0 Å². The van der Waals surface area contributed by atoms with E-state index in [9.17, 15) is 0 Å². The van der Waals surface area contributed by atoms with Crippen LogP contribution in [-0.4, -0.2) is 35.6 Å². The van der Waals surface area contributed by atoms with Gasteiger partial charge in [-0.1, -0.05) is 6.42 Å². The van der Waals surface area contributed by atoms with Crippen LogP contribution in [0.2, 0.25) is 0 Å². The number of nitrogens with one attached hydrogen (secondary N) is 1. The Kier molecular flexibility index (Phi) is 5.00. The molecule has 0 amide bonds. The largest absolute Gasteiger partial charge is 0.370 e. The van der Waals surface area contributed by atoms with Crippen LogP contribution in [0, 0.1) is 6.92 Å². The summed E-state index contributed by atoms with van der Waals surface area (Å²) in [6.07, 6.45) is 7.21. The number of aryl methyl sites for hydroxylation is 1. The molecule has 2 heterocycles. The highest BCUT2D eigenvalue weighted by Gasteiger charge is 2.16. The summed E-state index contributed by atoms with van der Waals surface area (Å²) < 4.78 is 0. The molecule has 0 aromatic carbocycles. The quantitative estimate of drug-likeness (QED) is 0.811. The minimum absolute atomic E-state index is 0.774. The van der Waals surface area contributed by atoms with Gasteiger partial charge in [-0.25, -0.2) is 4.98 Å². The molecule has 18 heavy (non-hydrogen) atoms. The van der Waals surface area contributed by atoms with E-state index in [1.807, 2.05) is 12.3 Å². The summed E-state index contributed by atoms with van der Waals surface area (Å²) in [5.41, 5.74) is 1.26. The molecule has 0 bridgehead atoms. The molecular weight excluding hydrogens is 222 g/mol. The van der Waals surface area contributed by atoms with E-state index in [-0.39, 0.29) is 0 Å². The van der Waals surface area contributed by atoms with Crippen molar-refractivity contribution < 1.29 is 0 Å². The minimum Gasteiger partial charge on any atom is -0.370 e. The third-order valence-electron chi connectivity index (χ3n) is 3.78. The first kappa shape index (κ1) is 13.3. The van der Waals surface area contributed by atoms with Crippen LogP contribution in [0.15, 0.2) is 18.3 Å². The van der Waals surface area contributed by atoms with Crippen LogP contribution in [0.4, 0.5) is 5.82 Å². The second-order valence-electron chi connectivity index (χ2n) is 5.38. The number of anilines is 1. The molecule has 1 N–H and O–H groups in total. The molecule has 1 aliphatic heterocycles. The molecule has 0 spiro atoms. The van der Waals surface area contributed by atoms with Gasteiger partial charge in [0.05, 0.1) is 0 Å². The van der Waals surface area contributed by atoms with Crippen LogP contribution in [-0.2, 0) is 0 Å². The van der Waals surface area contributed by atoms with Crippen LogP contribution in [0.5, 0.6) is 0 Å². The second kappa shape index (κ2) is 6.74. The Morgan fingerprint density at radius 1 is 1.44 bits per heavy atom. The number of likely N-dealkylation sites (tertiary alicyclic amines) is 1. The molecule has 100 valence electrons. The van der Waals surface area contributed by atoms with Crippen molar-refractivity contribution >= 4 is 5.82 Å². The molecule has 1 aliphatic rings. The molecular formula is C15H25N3. The number of hydrogen-bond acceptors (Lipinski definition) is 3. The lowest BCUT2D eigenvalue weighted by atomic mass is 10.0. The molecule has 3 heteroatoms. The minimum atomic E-state index is 0.774. The fraction of sp³-hybridized carbons (Fsp3) is 0.667. The summed E-state index contributed by atoms with van der Waals surface area (Å²) in [5, 5.41) is 3.40. The number of rotatable bonds is 5. The molecule has 2 rings (SSSR count). The highest BCUT2D eigenvalue weighted by atomic mass is 15.2. The third-order valence-corrected chi connectivity index (χ3v) is 3.78. The Morgan fingerprint density at radius 2 is 2.33 bits per heavy atom. The molecule has 1 unspecified atom stereocenters. The number of nitrogens with zero attached hydrogens (tertiary/aromatic N) is 2. The van der Waals surface area contributed by atoms with Crippen LogP contribution >= 0.6 is 0 Å². The van der Waals surface area contributed by atoms with Gasteiger partial charge in [-0.2, -0.15) is 0 Å². The summed E-state index contributed by atoms with van der Waals surface area (Å²) >= 11 is 0. The number of piperidine rings is 1. The highest BCUT2D eigenvalue weighted by Crippen LogP contribution is 2.16. The van der Waals surface area contributed by atoms with Gasteiger partial charge in [-0.15, -0.1) is 0 Å². The highest BCUT2D eigenvalue weighted by molar-refractivity contribution is 5.36. The molecule has 0 aliphatic carbocycles. The lowest BCUT2D eigenvalue weighted by molar-refractivity contribution is 0.160. The molecule has 1 aromatic heterocycles. The molecule has 1 atom stereocenters. The van der Waals surface area contributed by atoms with E-state index in [4.69, 9.17) is 0 Å². The SMILES string of the molecule is Cc1ccnc(NCCCN2CCCCC2C)c1. The van der Waals surface area contributed by atoms with E-state index in [2.05, 4.69) is 35.1 Å². The topological polar surface area (TPSA) is 28.2 Å². The van der Waals surface area contributed by atoms with Crippen molar-refractivity contribution in [1.29, 1.82) is 0 Å².